The van der Waals surface area contributed by atoms with Crippen LogP contribution in [-0.2, 0) is 0 Å². The number of rotatable bonds is 3. The van der Waals surface area contributed by atoms with Crippen molar-refractivity contribution in [2.24, 2.45) is 0 Å². The van der Waals surface area contributed by atoms with Crippen LogP contribution < -0.4 is 15.1 Å². The van der Waals surface area contributed by atoms with E-state index >= 15 is 0 Å². The average Bonchev–Trinajstić information content (AvgIpc) is 3.15. The monoisotopic (exact) mass is 372 g/mol. The van der Waals surface area contributed by atoms with Gasteiger partial charge in [0.1, 0.15) is 22.7 Å². The van der Waals surface area contributed by atoms with Crippen LogP contribution in [0.3, 0.4) is 0 Å². The number of furan rings is 1. The fraction of sp³-hybridized carbons (Fsp3) is 0.0870. The Morgan fingerprint density at radius 1 is 0.714 bits per heavy atom. The molecule has 3 aromatic carbocycles. The number of methoxy groups -OCH3 is 2. The van der Waals surface area contributed by atoms with Crippen LogP contribution in [-0.4, -0.2) is 14.2 Å². The van der Waals surface area contributed by atoms with Crippen molar-refractivity contribution in [2.75, 3.05) is 14.2 Å². The van der Waals surface area contributed by atoms with Gasteiger partial charge in [0.2, 0.25) is 0 Å². The van der Waals surface area contributed by atoms with Crippen LogP contribution in [0.25, 0.3) is 43.8 Å². The molecule has 0 saturated heterocycles. The molecule has 5 aromatic rings. The molecule has 0 amide bonds. The number of ether oxygens (including phenoxy) is 2. The molecule has 28 heavy (non-hydrogen) atoms. The molecular formula is C23H16O5. The SMILES string of the molecule is COc1ccc(-c2coc3cc4oc(=O)c5cc(OC)ccc5c4cc23)cc1. The molecule has 0 spiro atoms. The molecular weight excluding hydrogens is 356 g/mol. The minimum atomic E-state index is -0.400. The normalized spacial score (nSPS) is 11.4. The third-order valence-electron chi connectivity index (χ3n) is 5.02. The van der Waals surface area contributed by atoms with Gasteiger partial charge in [-0.3, -0.25) is 0 Å². The lowest BCUT2D eigenvalue weighted by atomic mass is 10.0. The summed E-state index contributed by atoms with van der Waals surface area (Å²) >= 11 is 0. The second-order valence-corrected chi connectivity index (χ2v) is 6.52. The molecule has 5 nitrogen and oxygen atoms in total. The fourth-order valence-corrected chi connectivity index (χ4v) is 3.55. The van der Waals surface area contributed by atoms with Crippen LogP contribution in [0.15, 0.2) is 74.5 Å². The van der Waals surface area contributed by atoms with E-state index in [1.54, 1.807) is 32.6 Å². The van der Waals surface area contributed by atoms with Gasteiger partial charge in [0, 0.05) is 27.8 Å². The van der Waals surface area contributed by atoms with E-state index in [1.807, 2.05) is 42.5 Å². The number of benzene rings is 3. The van der Waals surface area contributed by atoms with Gasteiger partial charge in [-0.1, -0.05) is 12.1 Å². The largest absolute Gasteiger partial charge is 0.497 e. The first kappa shape index (κ1) is 16.4. The Kier molecular flexibility index (Phi) is 3.62. The Morgan fingerprint density at radius 3 is 2.21 bits per heavy atom. The highest BCUT2D eigenvalue weighted by molar-refractivity contribution is 6.11. The van der Waals surface area contributed by atoms with E-state index in [0.29, 0.717) is 22.3 Å². The summed E-state index contributed by atoms with van der Waals surface area (Å²) in [7, 11) is 3.21. The number of fused-ring (bicyclic) bond motifs is 4. The molecule has 0 unspecified atom stereocenters. The lowest BCUT2D eigenvalue weighted by Crippen LogP contribution is -2.00. The maximum absolute atomic E-state index is 12.4. The summed E-state index contributed by atoms with van der Waals surface area (Å²) in [4.78, 5) is 12.4. The Balaban J connectivity index is 1.80. The molecule has 0 aliphatic rings. The van der Waals surface area contributed by atoms with E-state index in [4.69, 9.17) is 18.3 Å². The lowest BCUT2D eigenvalue weighted by molar-refractivity contribution is 0.415. The Hall–Kier alpha value is -3.73. The maximum atomic E-state index is 12.4. The van der Waals surface area contributed by atoms with E-state index < -0.39 is 5.63 Å². The molecule has 0 fully saturated rings. The second-order valence-electron chi connectivity index (χ2n) is 6.52. The van der Waals surface area contributed by atoms with Crippen LogP contribution in [0.4, 0.5) is 0 Å². The number of hydrogen-bond donors (Lipinski definition) is 0. The van der Waals surface area contributed by atoms with Gasteiger partial charge in [-0.2, -0.15) is 0 Å². The minimum Gasteiger partial charge on any atom is -0.497 e. The summed E-state index contributed by atoms with van der Waals surface area (Å²) in [5.41, 5.74) is 2.73. The first-order chi connectivity index (χ1) is 13.7. The molecule has 138 valence electrons. The van der Waals surface area contributed by atoms with Gasteiger partial charge in [-0.25, -0.2) is 4.79 Å². The summed E-state index contributed by atoms with van der Waals surface area (Å²) in [6, 6.07) is 17.0. The highest BCUT2D eigenvalue weighted by Gasteiger charge is 2.14. The molecule has 5 heteroatoms. The summed E-state index contributed by atoms with van der Waals surface area (Å²) in [6.07, 6.45) is 1.72. The van der Waals surface area contributed by atoms with E-state index in [1.165, 1.54) is 0 Å². The van der Waals surface area contributed by atoms with Gasteiger partial charge in [0.05, 0.1) is 25.9 Å². The standard InChI is InChI=1S/C23H16O5/c1-25-14-5-3-13(4-6-14)20-12-27-21-11-22-17(10-18(20)21)16-8-7-15(26-2)9-19(16)23(24)28-22/h3-12H,1-2H3. The van der Waals surface area contributed by atoms with Crippen LogP contribution in [0, 0.1) is 0 Å². The molecule has 2 heterocycles. The summed E-state index contributed by atoms with van der Waals surface area (Å²) in [5, 5.41) is 3.10. The smallest absolute Gasteiger partial charge is 0.344 e. The molecule has 2 aromatic heterocycles. The van der Waals surface area contributed by atoms with E-state index in [2.05, 4.69) is 0 Å². The van der Waals surface area contributed by atoms with Gasteiger partial charge < -0.3 is 18.3 Å². The topological polar surface area (TPSA) is 61.8 Å². The molecule has 0 N–H and O–H groups in total. The predicted octanol–water partition coefficient (Wildman–Crippen LogP) is 5.38. The van der Waals surface area contributed by atoms with Crippen molar-refractivity contribution < 1.29 is 18.3 Å². The highest BCUT2D eigenvalue weighted by atomic mass is 16.5. The fourth-order valence-electron chi connectivity index (χ4n) is 3.55. The zero-order valence-electron chi connectivity index (χ0n) is 15.3. The molecule has 5 rings (SSSR count). The minimum absolute atomic E-state index is 0.400. The zero-order chi connectivity index (χ0) is 19.3. The summed E-state index contributed by atoms with van der Waals surface area (Å²) < 4.78 is 21.8. The van der Waals surface area contributed by atoms with Crippen LogP contribution in [0.2, 0.25) is 0 Å². The van der Waals surface area contributed by atoms with Gasteiger partial charge in [0.25, 0.3) is 0 Å². The maximum Gasteiger partial charge on any atom is 0.344 e. The van der Waals surface area contributed by atoms with Crippen molar-refractivity contribution in [1.29, 1.82) is 0 Å². The van der Waals surface area contributed by atoms with Crippen molar-refractivity contribution in [1.82, 2.24) is 0 Å². The summed E-state index contributed by atoms with van der Waals surface area (Å²) in [6.45, 7) is 0. The Labute approximate surface area is 159 Å². The first-order valence-corrected chi connectivity index (χ1v) is 8.78. The quantitative estimate of drug-likeness (QED) is 0.314. The van der Waals surface area contributed by atoms with Crippen molar-refractivity contribution in [3.63, 3.8) is 0 Å². The van der Waals surface area contributed by atoms with Crippen molar-refractivity contribution in [3.05, 3.63) is 71.3 Å². The second kappa shape index (κ2) is 6.16. The third-order valence-corrected chi connectivity index (χ3v) is 5.02. The van der Waals surface area contributed by atoms with E-state index in [-0.39, 0.29) is 0 Å². The van der Waals surface area contributed by atoms with Crippen LogP contribution in [0.5, 0.6) is 11.5 Å². The van der Waals surface area contributed by atoms with Gasteiger partial charge >= 0.3 is 5.63 Å². The lowest BCUT2D eigenvalue weighted by Gasteiger charge is -2.06. The van der Waals surface area contributed by atoms with Crippen LogP contribution >= 0.6 is 0 Å². The molecule has 0 aliphatic heterocycles. The van der Waals surface area contributed by atoms with Crippen LogP contribution in [0.1, 0.15) is 0 Å². The molecule has 0 aliphatic carbocycles. The molecule has 0 saturated carbocycles. The Morgan fingerprint density at radius 2 is 1.46 bits per heavy atom. The Bertz CT molecular complexity index is 1390. The van der Waals surface area contributed by atoms with Crippen molar-refractivity contribution >= 4 is 32.7 Å². The number of hydrogen-bond acceptors (Lipinski definition) is 5. The van der Waals surface area contributed by atoms with Gasteiger partial charge in [-0.05, 0) is 42.0 Å². The summed E-state index contributed by atoms with van der Waals surface area (Å²) in [5.74, 6) is 1.41. The van der Waals surface area contributed by atoms with Crippen molar-refractivity contribution in [2.45, 2.75) is 0 Å². The first-order valence-electron chi connectivity index (χ1n) is 8.78. The molecule has 0 radical (unpaired) electrons. The van der Waals surface area contributed by atoms with Crippen molar-refractivity contribution in [3.8, 4) is 22.6 Å². The molecule has 0 bridgehead atoms. The van der Waals surface area contributed by atoms with Gasteiger partial charge in [-0.15, -0.1) is 0 Å². The van der Waals surface area contributed by atoms with Gasteiger partial charge in [0.15, 0.2) is 0 Å². The zero-order valence-corrected chi connectivity index (χ0v) is 15.3. The van der Waals surface area contributed by atoms with E-state index in [0.717, 1.165) is 33.0 Å². The van der Waals surface area contributed by atoms with E-state index in [9.17, 15) is 4.79 Å². The predicted molar refractivity (Wildman–Crippen MR) is 108 cm³/mol. The average molecular weight is 372 g/mol. The molecule has 0 atom stereocenters. The third kappa shape index (κ3) is 2.44. The highest BCUT2D eigenvalue weighted by Crippen LogP contribution is 2.36.